The maximum atomic E-state index is 13.1. The number of hydrogen-bond donors (Lipinski definition) is 1. The van der Waals surface area contributed by atoms with Gasteiger partial charge in [-0.15, -0.1) is 0 Å². The van der Waals surface area contributed by atoms with Gasteiger partial charge < -0.3 is 14.6 Å². The summed E-state index contributed by atoms with van der Waals surface area (Å²) in [5, 5.41) is 0.121. The van der Waals surface area contributed by atoms with Crippen molar-refractivity contribution in [1.29, 1.82) is 0 Å². The number of H-pyrrole nitrogens is 1. The van der Waals surface area contributed by atoms with Crippen LogP contribution >= 0.6 is 11.6 Å². The Morgan fingerprint density at radius 2 is 2.17 bits per heavy atom. The minimum Gasteiger partial charge on any atom is -0.479 e. The fraction of sp³-hybridized carbons (Fsp3) is 0.294. The summed E-state index contributed by atoms with van der Waals surface area (Å²) in [7, 11) is 0. The highest BCUT2D eigenvalue weighted by atomic mass is 35.5. The summed E-state index contributed by atoms with van der Waals surface area (Å²) in [5.74, 6) is -0.388. The third-order valence-electron chi connectivity index (χ3n) is 3.98. The minimum absolute atomic E-state index is 0.121. The van der Waals surface area contributed by atoms with Crippen LogP contribution in [0.4, 0.5) is 4.39 Å². The lowest BCUT2D eigenvalue weighted by molar-refractivity contribution is -0.138. The number of hydrogen-bond acceptors (Lipinski definition) is 3. The molecule has 0 spiro atoms. The van der Waals surface area contributed by atoms with Crippen molar-refractivity contribution in [2.75, 3.05) is 6.54 Å². The fourth-order valence-corrected chi connectivity index (χ4v) is 2.93. The van der Waals surface area contributed by atoms with E-state index < -0.39 is 11.9 Å². The van der Waals surface area contributed by atoms with Gasteiger partial charge in [0.15, 0.2) is 6.10 Å². The first-order valence-corrected chi connectivity index (χ1v) is 7.93. The number of ether oxygens (including phenoxy) is 1. The number of aromatic amines is 1. The van der Waals surface area contributed by atoms with Crippen molar-refractivity contribution in [3.8, 4) is 5.75 Å². The van der Waals surface area contributed by atoms with Gasteiger partial charge in [-0.3, -0.25) is 9.59 Å². The summed E-state index contributed by atoms with van der Waals surface area (Å²) in [6, 6.07) is 5.33. The molecular formula is C17H16ClFN2O3. The second-order valence-corrected chi connectivity index (χ2v) is 6.10. The summed E-state index contributed by atoms with van der Waals surface area (Å²) < 4.78 is 18.6. The Bertz CT molecular complexity index is 837. The first-order valence-electron chi connectivity index (χ1n) is 7.55. The lowest BCUT2D eigenvalue weighted by Gasteiger charge is -2.30. The largest absolute Gasteiger partial charge is 0.479 e. The Morgan fingerprint density at radius 3 is 2.92 bits per heavy atom. The SMILES string of the molecule is CC(Oc1ccc(F)cc1Cl)C(=O)N1CCc2cc(=O)[nH]cc2C1. The zero-order valence-corrected chi connectivity index (χ0v) is 13.8. The predicted octanol–water partition coefficient (Wildman–Crippen LogP) is 2.52. The monoisotopic (exact) mass is 350 g/mol. The molecule has 1 N–H and O–H groups in total. The van der Waals surface area contributed by atoms with Gasteiger partial charge in [-0.05, 0) is 42.7 Å². The van der Waals surface area contributed by atoms with Crippen molar-refractivity contribution in [3.63, 3.8) is 0 Å². The number of carbonyl (C=O) groups excluding carboxylic acids is 1. The fourth-order valence-electron chi connectivity index (χ4n) is 2.72. The number of nitrogens with zero attached hydrogens (tertiary/aromatic N) is 1. The van der Waals surface area contributed by atoms with Gasteiger partial charge in [-0.25, -0.2) is 4.39 Å². The third-order valence-corrected chi connectivity index (χ3v) is 4.27. The van der Waals surface area contributed by atoms with Gasteiger partial charge in [0.05, 0.1) is 5.02 Å². The zero-order chi connectivity index (χ0) is 17.3. The lowest BCUT2D eigenvalue weighted by Crippen LogP contribution is -2.43. The summed E-state index contributed by atoms with van der Waals surface area (Å²) >= 11 is 5.92. The number of pyridine rings is 1. The molecule has 1 aliphatic heterocycles. The molecule has 2 aromatic rings. The molecule has 0 saturated heterocycles. The molecule has 1 aliphatic rings. The van der Waals surface area contributed by atoms with Crippen LogP contribution in [0, 0.1) is 5.82 Å². The lowest BCUT2D eigenvalue weighted by atomic mass is 10.0. The van der Waals surface area contributed by atoms with Crippen LogP contribution in [0.1, 0.15) is 18.1 Å². The van der Waals surface area contributed by atoms with Crippen molar-refractivity contribution < 1.29 is 13.9 Å². The van der Waals surface area contributed by atoms with Crippen LogP contribution in [0.25, 0.3) is 0 Å². The molecule has 0 saturated carbocycles. The molecule has 0 radical (unpaired) electrons. The molecular weight excluding hydrogens is 335 g/mol. The first-order chi connectivity index (χ1) is 11.4. The van der Waals surface area contributed by atoms with Crippen LogP contribution in [-0.4, -0.2) is 28.4 Å². The molecule has 0 fully saturated rings. The molecule has 126 valence electrons. The number of rotatable bonds is 3. The molecule has 1 atom stereocenters. The predicted molar refractivity (Wildman–Crippen MR) is 87.7 cm³/mol. The summed E-state index contributed by atoms with van der Waals surface area (Å²) in [4.78, 5) is 28.2. The van der Waals surface area contributed by atoms with Crippen LogP contribution in [0.5, 0.6) is 5.75 Å². The van der Waals surface area contributed by atoms with Gasteiger partial charge in [0, 0.05) is 25.4 Å². The smallest absolute Gasteiger partial charge is 0.263 e. The highest BCUT2D eigenvalue weighted by molar-refractivity contribution is 6.32. The second kappa shape index (κ2) is 6.65. The van der Waals surface area contributed by atoms with Crippen LogP contribution in [0.3, 0.4) is 0 Å². The molecule has 1 aromatic carbocycles. The van der Waals surface area contributed by atoms with Crippen LogP contribution in [0.15, 0.2) is 35.3 Å². The Hall–Kier alpha value is -2.34. The van der Waals surface area contributed by atoms with E-state index in [0.717, 1.165) is 17.2 Å². The Kier molecular flexibility index (Phi) is 4.57. The Labute approximate surface area is 143 Å². The van der Waals surface area contributed by atoms with Crippen molar-refractivity contribution in [2.45, 2.75) is 26.0 Å². The van der Waals surface area contributed by atoms with Crippen LogP contribution in [-0.2, 0) is 17.8 Å². The highest BCUT2D eigenvalue weighted by Gasteiger charge is 2.26. The number of nitrogens with one attached hydrogen (secondary N) is 1. The molecule has 0 bridgehead atoms. The molecule has 1 unspecified atom stereocenters. The molecule has 7 heteroatoms. The van der Waals surface area contributed by atoms with Crippen molar-refractivity contribution in [3.05, 3.63) is 62.8 Å². The van der Waals surface area contributed by atoms with Crippen molar-refractivity contribution in [2.24, 2.45) is 0 Å². The number of carbonyl (C=O) groups is 1. The maximum Gasteiger partial charge on any atom is 0.263 e. The normalized spacial score (nSPS) is 14.9. The van der Waals surface area contributed by atoms with Gasteiger partial charge in [0.25, 0.3) is 5.91 Å². The third kappa shape index (κ3) is 3.43. The Balaban J connectivity index is 1.70. The van der Waals surface area contributed by atoms with Gasteiger partial charge in [-0.1, -0.05) is 11.6 Å². The van der Waals surface area contributed by atoms with E-state index in [0.29, 0.717) is 19.5 Å². The van der Waals surface area contributed by atoms with E-state index >= 15 is 0 Å². The van der Waals surface area contributed by atoms with Crippen LogP contribution in [0.2, 0.25) is 5.02 Å². The molecule has 5 nitrogen and oxygen atoms in total. The maximum absolute atomic E-state index is 13.1. The standard InChI is InChI=1S/C17H16ClFN2O3/c1-10(24-15-3-2-13(19)7-14(15)18)17(23)21-5-4-11-6-16(22)20-8-12(11)9-21/h2-3,6-8,10H,4-5,9H2,1H3,(H,20,22). The highest BCUT2D eigenvalue weighted by Crippen LogP contribution is 2.26. The zero-order valence-electron chi connectivity index (χ0n) is 13.0. The number of fused-ring (bicyclic) bond motifs is 1. The molecule has 1 amide bonds. The average Bonchev–Trinajstić information content (AvgIpc) is 2.56. The molecule has 3 rings (SSSR count). The molecule has 2 heterocycles. The number of aromatic nitrogens is 1. The quantitative estimate of drug-likeness (QED) is 0.925. The van der Waals surface area contributed by atoms with E-state index in [1.807, 2.05) is 0 Å². The molecule has 0 aliphatic carbocycles. The van der Waals surface area contributed by atoms with Gasteiger partial charge in [-0.2, -0.15) is 0 Å². The van der Waals surface area contributed by atoms with Crippen molar-refractivity contribution in [1.82, 2.24) is 9.88 Å². The minimum atomic E-state index is -0.753. The van der Waals surface area contributed by atoms with Gasteiger partial charge >= 0.3 is 0 Å². The van der Waals surface area contributed by atoms with Gasteiger partial charge in [0.2, 0.25) is 5.56 Å². The summed E-state index contributed by atoms with van der Waals surface area (Å²) in [5.41, 5.74) is 1.73. The van der Waals surface area contributed by atoms with E-state index in [2.05, 4.69) is 4.98 Å². The van der Waals surface area contributed by atoms with E-state index in [1.165, 1.54) is 12.1 Å². The summed E-state index contributed by atoms with van der Waals surface area (Å²) in [6.45, 7) is 2.56. The molecule has 24 heavy (non-hydrogen) atoms. The number of halogens is 2. The number of amides is 1. The Morgan fingerprint density at radius 1 is 1.38 bits per heavy atom. The summed E-state index contributed by atoms with van der Waals surface area (Å²) in [6.07, 6.45) is 1.51. The van der Waals surface area contributed by atoms with E-state index in [4.69, 9.17) is 16.3 Å². The van der Waals surface area contributed by atoms with E-state index in [-0.39, 0.29) is 22.2 Å². The average molecular weight is 351 g/mol. The van der Waals surface area contributed by atoms with Gasteiger partial charge in [0.1, 0.15) is 11.6 Å². The number of benzene rings is 1. The second-order valence-electron chi connectivity index (χ2n) is 5.69. The molecule has 1 aromatic heterocycles. The van der Waals surface area contributed by atoms with E-state index in [9.17, 15) is 14.0 Å². The van der Waals surface area contributed by atoms with Crippen LogP contribution < -0.4 is 10.3 Å². The van der Waals surface area contributed by atoms with E-state index in [1.54, 1.807) is 24.1 Å². The first kappa shape index (κ1) is 16.5. The topological polar surface area (TPSA) is 62.4 Å². The van der Waals surface area contributed by atoms with Crippen molar-refractivity contribution >= 4 is 17.5 Å².